The first-order valence-electron chi connectivity index (χ1n) is 32.8. The van der Waals surface area contributed by atoms with Crippen LogP contribution >= 0.6 is 0 Å². The second kappa shape index (κ2) is 22.8. The fraction of sp³-hybridized carbons (Fsp3) is 0.116. The van der Waals surface area contributed by atoms with Gasteiger partial charge in [0.15, 0.2) is 34.8 Å². The smallest absolute Gasteiger partial charge is 0.165 e. The molecule has 0 saturated carbocycles. The predicted octanol–water partition coefficient (Wildman–Crippen LogP) is 21.0. The van der Waals surface area contributed by atoms with E-state index in [4.69, 9.17) is 38.7 Å². The summed E-state index contributed by atoms with van der Waals surface area (Å²) < 4.78 is 44.1. The molecule has 1 unspecified atom stereocenters. The van der Waals surface area contributed by atoms with Gasteiger partial charge in [0, 0.05) is 61.6 Å². The summed E-state index contributed by atoms with van der Waals surface area (Å²) in [5.74, 6) is 3.19. The molecule has 96 heavy (non-hydrogen) atoms. The molecule has 4 aromatic heterocycles. The maximum absolute atomic E-state index is 17.4. The first-order chi connectivity index (χ1) is 47.2. The van der Waals surface area contributed by atoms with Crippen molar-refractivity contribution in [2.45, 2.75) is 55.5 Å². The lowest BCUT2D eigenvalue weighted by atomic mass is 9.42. The van der Waals surface area contributed by atoms with Crippen molar-refractivity contribution in [3.05, 3.63) is 359 Å². The molecular formula is C86H62F2N6O2. The topological polar surface area (TPSA) is 104 Å². The number of nitrogens with zero attached hydrogens (tertiary/aromatic N) is 6. The lowest BCUT2D eigenvalue weighted by molar-refractivity contribution is 0.177. The van der Waals surface area contributed by atoms with Crippen LogP contribution in [0.4, 0.5) is 8.78 Å². The van der Waals surface area contributed by atoms with Crippen molar-refractivity contribution < 1.29 is 17.6 Å². The number of benzene rings is 10. The zero-order chi connectivity index (χ0) is 64.8. The molecule has 0 aliphatic heterocycles. The van der Waals surface area contributed by atoms with E-state index in [0.29, 0.717) is 51.4 Å². The van der Waals surface area contributed by atoms with Gasteiger partial charge in [0.2, 0.25) is 0 Å². The Morgan fingerprint density at radius 3 is 1.40 bits per heavy atom. The highest BCUT2D eigenvalue weighted by Gasteiger charge is 2.64. The van der Waals surface area contributed by atoms with Crippen LogP contribution in [0, 0.1) is 11.2 Å². The Morgan fingerprint density at radius 2 is 0.844 bits per heavy atom. The number of fused-ring (bicyclic) bond motifs is 9. The predicted molar refractivity (Wildman–Crippen MR) is 379 cm³/mol. The highest BCUT2D eigenvalue weighted by Crippen LogP contribution is 2.69. The van der Waals surface area contributed by atoms with Gasteiger partial charge in [-0.15, -0.1) is 0 Å². The Bertz CT molecular complexity index is 5360. The van der Waals surface area contributed by atoms with Gasteiger partial charge in [-0.25, -0.2) is 38.7 Å². The number of hydrogen-bond acceptors (Lipinski definition) is 8. The Hall–Kier alpha value is -11.6. The Labute approximate surface area is 554 Å². The zero-order valence-corrected chi connectivity index (χ0v) is 52.8. The van der Waals surface area contributed by atoms with E-state index in [2.05, 4.69) is 128 Å². The molecule has 0 fully saturated rings. The third-order valence-electron chi connectivity index (χ3n) is 20.2. The van der Waals surface area contributed by atoms with E-state index in [-0.39, 0.29) is 23.6 Å². The molecule has 462 valence electrons. The summed E-state index contributed by atoms with van der Waals surface area (Å²) in [6, 6.07) is 77.9. The van der Waals surface area contributed by atoms with Crippen LogP contribution in [0.15, 0.2) is 306 Å². The van der Waals surface area contributed by atoms with E-state index < -0.39 is 16.5 Å². The quantitative estimate of drug-likeness (QED) is 0.162. The van der Waals surface area contributed by atoms with Gasteiger partial charge < -0.3 is 8.83 Å². The van der Waals surface area contributed by atoms with Crippen LogP contribution in [0.3, 0.4) is 0 Å². The zero-order valence-electron chi connectivity index (χ0n) is 52.8. The second-order valence-electron chi connectivity index (χ2n) is 25.1. The van der Waals surface area contributed by atoms with Crippen LogP contribution in [0.2, 0.25) is 0 Å². The molecule has 14 aromatic rings. The van der Waals surface area contributed by atoms with E-state index in [1.54, 1.807) is 12.1 Å². The molecule has 0 saturated heterocycles. The number of rotatable bonds is 6. The van der Waals surface area contributed by atoms with E-state index in [0.717, 1.165) is 90.4 Å². The molecule has 1 spiro atoms. The SMILES string of the molecule is C1=CCC2(C=C1)CC1c3ccccc3C2(c2nc(-c3ccc4c(c3)oc3ccccc34)nc(-c3ccc4c(c3)oc3ccccc34)n2)c2ccccc21.C=C1/C=C\C=C/CC2(F)c3ccccc3C1(c1nc(-c3ccccc3)nc(-c3ccc(F)cc3)n1)c1ccccc12.CC. The third kappa shape index (κ3) is 8.77. The second-order valence-corrected chi connectivity index (χ2v) is 25.1. The summed E-state index contributed by atoms with van der Waals surface area (Å²) in [6.07, 6.45) is 18.8. The molecule has 8 nitrogen and oxygen atoms in total. The van der Waals surface area contributed by atoms with Crippen molar-refractivity contribution in [2.75, 3.05) is 0 Å². The number of halogens is 2. The highest BCUT2D eigenvalue weighted by atomic mass is 19.1. The monoisotopic (exact) mass is 1250 g/mol. The average Bonchev–Trinajstić information content (AvgIpc) is 0.740. The average molecular weight is 1250 g/mol. The summed E-state index contributed by atoms with van der Waals surface area (Å²) >= 11 is 0. The Kier molecular flexibility index (Phi) is 13.9. The number of hydrogen-bond donors (Lipinski definition) is 0. The van der Waals surface area contributed by atoms with Crippen LogP contribution in [-0.2, 0) is 16.5 Å². The minimum absolute atomic E-state index is 0.182. The van der Waals surface area contributed by atoms with Crippen LogP contribution in [0.25, 0.3) is 89.4 Å². The lowest BCUT2D eigenvalue weighted by Gasteiger charge is -2.59. The van der Waals surface area contributed by atoms with E-state index >= 15 is 4.39 Å². The van der Waals surface area contributed by atoms with Gasteiger partial charge in [-0.1, -0.05) is 245 Å². The standard InChI is InChI=1S/C48H31N3O2.C36H25F2N3.C2H6/c1-10-24-47(25-11-1)28-37-31-12-2-6-16-38(31)48(47,39-17-7-3-13-32(37)39)46-50-44(29-20-22-35-33-14-4-8-18-40(33)52-42(35)26-29)49-45(51-46)30-21-23-36-34-15-5-9-19-41(34)53-43(36)27-30;1-24-12-4-3-11-23-35(38)28-15-7-9-17-30(28)36(24,31-18-10-8-16-29(31)35)34-40-32(25-13-5-2-6-14-25)39-33(41-34)26-19-21-27(37)22-20-26;1-2/h1-24,26-27,37H,25,28H2;2-22H,1,23H2;1-2H3/b;11-3-,12-4-;. The molecule has 10 aromatic carbocycles. The van der Waals surface area contributed by atoms with Crippen molar-refractivity contribution in [3.8, 4) is 45.6 Å². The van der Waals surface area contributed by atoms with Crippen LogP contribution < -0.4 is 0 Å². The molecular weight excluding hydrogens is 1190 g/mol. The fourth-order valence-corrected chi connectivity index (χ4v) is 16.1. The summed E-state index contributed by atoms with van der Waals surface area (Å²) in [4.78, 5) is 31.4. The van der Waals surface area contributed by atoms with Crippen molar-refractivity contribution >= 4 is 43.9 Å². The van der Waals surface area contributed by atoms with Crippen molar-refractivity contribution in [2.24, 2.45) is 5.41 Å². The number of furan rings is 2. The van der Waals surface area contributed by atoms with Gasteiger partial charge in [-0.2, -0.15) is 0 Å². The third-order valence-corrected chi connectivity index (χ3v) is 20.2. The molecule has 6 aliphatic rings. The van der Waals surface area contributed by atoms with Gasteiger partial charge in [-0.05, 0) is 124 Å². The number of aromatic nitrogens is 6. The first kappa shape index (κ1) is 58.2. The van der Waals surface area contributed by atoms with Crippen LogP contribution in [0.5, 0.6) is 0 Å². The van der Waals surface area contributed by atoms with Crippen molar-refractivity contribution in [3.63, 3.8) is 0 Å². The fourth-order valence-electron chi connectivity index (χ4n) is 16.1. The largest absolute Gasteiger partial charge is 0.456 e. The maximum Gasteiger partial charge on any atom is 0.165 e. The summed E-state index contributed by atoms with van der Waals surface area (Å²) in [7, 11) is 0. The van der Waals surface area contributed by atoms with Gasteiger partial charge in [0.25, 0.3) is 0 Å². The van der Waals surface area contributed by atoms with E-state index in [9.17, 15) is 4.39 Å². The molecule has 6 aliphatic carbocycles. The summed E-state index contributed by atoms with van der Waals surface area (Å²) in [5.41, 5.74) is 11.3. The van der Waals surface area contributed by atoms with Gasteiger partial charge in [0.05, 0.1) is 5.41 Å². The normalized spacial score (nSPS) is 21.4. The molecule has 20 rings (SSSR count). The molecule has 1 atom stereocenters. The molecule has 4 bridgehead atoms. The molecule has 0 amide bonds. The van der Waals surface area contributed by atoms with Crippen LogP contribution in [-0.4, -0.2) is 29.9 Å². The Morgan fingerprint density at radius 1 is 0.406 bits per heavy atom. The number of alkyl halides is 1. The highest BCUT2D eigenvalue weighted by molar-refractivity contribution is 6.07. The van der Waals surface area contributed by atoms with Gasteiger partial charge in [0.1, 0.15) is 39.4 Å². The summed E-state index contributed by atoms with van der Waals surface area (Å²) in [6.45, 7) is 8.56. The van der Waals surface area contributed by atoms with Crippen molar-refractivity contribution in [1.29, 1.82) is 0 Å². The van der Waals surface area contributed by atoms with Crippen LogP contribution in [0.1, 0.15) is 95.2 Å². The Balaban J connectivity index is 0.000000146. The molecule has 0 radical (unpaired) electrons. The summed E-state index contributed by atoms with van der Waals surface area (Å²) in [5, 5.41) is 4.32. The molecule has 10 heteroatoms. The minimum Gasteiger partial charge on any atom is -0.456 e. The minimum atomic E-state index is -1.76. The van der Waals surface area contributed by atoms with E-state index in [1.807, 2.05) is 153 Å². The maximum atomic E-state index is 17.4. The van der Waals surface area contributed by atoms with Gasteiger partial charge >= 0.3 is 0 Å². The number of para-hydroxylation sites is 2. The molecule has 4 heterocycles. The first-order valence-corrected chi connectivity index (χ1v) is 32.8. The molecule has 0 N–H and O–H groups in total. The van der Waals surface area contributed by atoms with Gasteiger partial charge in [-0.3, -0.25) is 0 Å². The lowest BCUT2D eigenvalue weighted by Crippen LogP contribution is -2.56. The van der Waals surface area contributed by atoms with E-state index in [1.165, 1.54) is 34.4 Å². The van der Waals surface area contributed by atoms with Crippen molar-refractivity contribution in [1.82, 2.24) is 29.9 Å². The number of allylic oxidation sites excluding steroid dienone is 9.